The molecule has 0 aliphatic carbocycles. The molecule has 0 radical (unpaired) electrons. The number of para-hydroxylation sites is 1. The van der Waals surface area contributed by atoms with E-state index in [0.717, 1.165) is 23.4 Å². The number of carbonyl (C=O) groups is 1. The van der Waals surface area contributed by atoms with Crippen LogP contribution in [-0.2, 0) is 14.8 Å². The Morgan fingerprint density at radius 1 is 1.11 bits per heavy atom. The second kappa shape index (κ2) is 11.1. The minimum Gasteiger partial charge on any atom is -0.496 e. The number of morpholine rings is 1. The van der Waals surface area contributed by atoms with E-state index in [2.05, 4.69) is 13.8 Å². The highest BCUT2D eigenvalue weighted by molar-refractivity contribution is 8.13. The molecule has 8 nitrogen and oxygen atoms in total. The summed E-state index contributed by atoms with van der Waals surface area (Å²) in [6, 6.07) is 12.4. The molecule has 2 fully saturated rings. The van der Waals surface area contributed by atoms with Gasteiger partial charge in [-0.25, -0.2) is 13.4 Å². The normalized spacial score (nSPS) is 18.7. The first kappa shape index (κ1) is 25.7. The summed E-state index contributed by atoms with van der Waals surface area (Å²) in [6.45, 7) is 5.99. The number of benzene rings is 2. The number of rotatable bonds is 6. The summed E-state index contributed by atoms with van der Waals surface area (Å²) in [4.78, 5) is 20.3. The molecule has 0 N–H and O–H groups in total. The summed E-state index contributed by atoms with van der Waals surface area (Å²) in [5, 5.41) is 0.609. The van der Waals surface area contributed by atoms with Gasteiger partial charge in [-0.1, -0.05) is 43.8 Å². The summed E-state index contributed by atoms with van der Waals surface area (Å²) in [5.41, 5.74) is 2.14. The summed E-state index contributed by atoms with van der Waals surface area (Å²) in [5.74, 6) is 1.15. The van der Waals surface area contributed by atoms with Crippen LogP contribution in [0.3, 0.4) is 0 Å². The Balaban J connectivity index is 1.71. The Kier molecular flexibility index (Phi) is 8.16. The Labute approximate surface area is 211 Å². The van der Waals surface area contributed by atoms with E-state index < -0.39 is 10.0 Å². The summed E-state index contributed by atoms with van der Waals surface area (Å²) in [6.07, 6.45) is 0.815. The van der Waals surface area contributed by atoms with Crippen molar-refractivity contribution in [2.75, 3.05) is 45.7 Å². The largest absolute Gasteiger partial charge is 0.496 e. The van der Waals surface area contributed by atoms with Crippen molar-refractivity contribution in [1.29, 1.82) is 0 Å². The lowest BCUT2D eigenvalue weighted by Crippen LogP contribution is -2.41. The SMILES string of the molecule is COc1ccc(S(=O)(=O)N2CCOCC2)cc1C(=O)N1CCCSC1=Nc1ccccc1C(C)C. The second-order valence-electron chi connectivity index (χ2n) is 8.65. The van der Waals surface area contributed by atoms with E-state index in [4.69, 9.17) is 14.5 Å². The molecule has 0 bridgehead atoms. The van der Waals surface area contributed by atoms with Crippen LogP contribution < -0.4 is 4.74 Å². The van der Waals surface area contributed by atoms with Gasteiger partial charge in [0.2, 0.25) is 10.0 Å². The third-order valence-corrected chi connectivity index (χ3v) is 8.97. The molecule has 2 aliphatic rings. The molecule has 0 aromatic heterocycles. The number of methoxy groups -OCH3 is 1. The van der Waals surface area contributed by atoms with E-state index in [-0.39, 0.29) is 35.4 Å². The van der Waals surface area contributed by atoms with Gasteiger partial charge in [-0.3, -0.25) is 9.69 Å². The maximum Gasteiger partial charge on any atom is 0.263 e. The number of thioether (sulfide) groups is 1. The third-order valence-electron chi connectivity index (χ3n) is 6.02. The number of carbonyl (C=O) groups excluding carboxylic acids is 1. The van der Waals surface area contributed by atoms with Crippen molar-refractivity contribution in [2.45, 2.75) is 31.1 Å². The van der Waals surface area contributed by atoms with E-state index in [0.29, 0.717) is 30.7 Å². The van der Waals surface area contributed by atoms with Gasteiger partial charge in [0.05, 0.1) is 36.5 Å². The lowest BCUT2D eigenvalue weighted by atomic mass is 10.0. The van der Waals surface area contributed by atoms with Crippen LogP contribution in [0.5, 0.6) is 5.75 Å². The highest BCUT2D eigenvalue weighted by atomic mass is 32.2. The van der Waals surface area contributed by atoms with Crippen LogP contribution in [0.15, 0.2) is 52.4 Å². The number of hydrogen-bond donors (Lipinski definition) is 0. The first-order valence-electron chi connectivity index (χ1n) is 11.7. The fourth-order valence-corrected chi connectivity index (χ4v) is 6.50. The summed E-state index contributed by atoms with van der Waals surface area (Å²) in [7, 11) is -2.29. The number of amidine groups is 1. The Morgan fingerprint density at radius 2 is 1.86 bits per heavy atom. The molecule has 2 aromatic rings. The van der Waals surface area contributed by atoms with Crippen molar-refractivity contribution < 1.29 is 22.7 Å². The average molecular weight is 518 g/mol. The Bertz CT molecular complexity index is 1210. The van der Waals surface area contributed by atoms with Gasteiger partial charge in [0.1, 0.15) is 5.75 Å². The lowest BCUT2D eigenvalue weighted by molar-refractivity contribution is 0.0730. The monoisotopic (exact) mass is 517 g/mol. The molecule has 35 heavy (non-hydrogen) atoms. The first-order valence-corrected chi connectivity index (χ1v) is 14.1. The number of ether oxygens (including phenoxy) is 2. The maximum absolute atomic E-state index is 13.8. The smallest absolute Gasteiger partial charge is 0.263 e. The van der Waals surface area contributed by atoms with Crippen LogP contribution in [-0.4, -0.2) is 74.4 Å². The molecule has 2 saturated heterocycles. The molecule has 2 heterocycles. The average Bonchev–Trinajstić information content (AvgIpc) is 2.89. The van der Waals surface area contributed by atoms with Crippen molar-refractivity contribution in [2.24, 2.45) is 4.99 Å². The highest BCUT2D eigenvalue weighted by Crippen LogP contribution is 2.32. The van der Waals surface area contributed by atoms with Crippen LogP contribution in [0.2, 0.25) is 0 Å². The predicted octanol–water partition coefficient (Wildman–Crippen LogP) is 4.11. The number of aliphatic imine (C=N–C) groups is 1. The molecule has 2 aliphatic heterocycles. The van der Waals surface area contributed by atoms with E-state index in [1.165, 1.54) is 35.3 Å². The van der Waals surface area contributed by atoms with Crippen LogP contribution in [0.1, 0.15) is 42.1 Å². The molecule has 4 rings (SSSR count). The zero-order valence-corrected chi connectivity index (χ0v) is 21.9. The van der Waals surface area contributed by atoms with Gasteiger partial charge in [-0.2, -0.15) is 4.31 Å². The quantitative estimate of drug-likeness (QED) is 0.573. The van der Waals surface area contributed by atoms with Crippen LogP contribution in [0, 0.1) is 0 Å². The van der Waals surface area contributed by atoms with Gasteiger partial charge in [0.15, 0.2) is 5.17 Å². The lowest BCUT2D eigenvalue weighted by Gasteiger charge is -2.29. The fourth-order valence-electron chi connectivity index (χ4n) is 4.12. The number of hydrogen-bond acceptors (Lipinski definition) is 7. The van der Waals surface area contributed by atoms with Crippen LogP contribution >= 0.6 is 11.8 Å². The molecule has 2 aromatic carbocycles. The molecule has 0 atom stereocenters. The fraction of sp³-hybridized carbons (Fsp3) is 0.440. The first-order chi connectivity index (χ1) is 16.8. The summed E-state index contributed by atoms with van der Waals surface area (Å²) < 4.78 is 38.6. The van der Waals surface area contributed by atoms with E-state index in [9.17, 15) is 13.2 Å². The van der Waals surface area contributed by atoms with Gasteiger partial charge in [0, 0.05) is 25.4 Å². The van der Waals surface area contributed by atoms with E-state index >= 15 is 0 Å². The molecule has 1 amide bonds. The molecule has 10 heteroatoms. The van der Waals surface area contributed by atoms with Crippen molar-refractivity contribution in [1.82, 2.24) is 9.21 Å². The highest BCUT2D eigenvalue weighted by Gasteiger charge is 2.31. The van der Waals surface area contributed by atoms with Crippen molar-refractivity contribution in [3.63, 3.8) is 0 Å². The molecule has 0 unspecified atom stereocenters. The molecule has 0 spiro atoms. The molecular weight excluding hydrogens is 486 g/mol. The van der Waals surface area contributed by atoms with Crippen molar-refractivity contribution in [3.8, 4) is 5.75 Å². The van der Waals surface area contributed by atoms with Crippen molar-refractivity contribution >= 4 is 38.5 Å². The van der Waals surface area contributed by atoms with E-state index in [1.54, 1.807) is 11.0 Å². The number of sulfonamides is 1. The minimum atomic E-state index is -3.76. The van der Waals surface area contributed by atoms with Crippen LogP contribution in [0.25, 0.3) is 0 Å². The molecule has 188 valence electrons. The molecule has 0 saturated carbocycles. The standard InChI is InChI=1S/C25H31N3O5S2/c1-18(2)20-7-4-5-8-22(20)26-25-28(11-6-16-34-25)24(29)21-17-19(9-10-23(21)32-3)35(30,31)27-12-14-33-15-13-27/h4-5,7-10,17-18H,6,11-16H2,1-3H3. The van der Waals surface area contributed by atoms with E-state index in [1.807, 2.05) is 24.3 Å². The third kappa shape index (κ3) is 5.55. The van der Waals surface area contributed by atoms with Gasteiger partial charge >= 0.3 is 0 Å². The minimum absolute atomic E-state index is 0.0665. The Hall–Kier alpha value is -2.40. The maximum atomic E-state index is 13.8. The van der Waals surface area contributed by atoms with Gasteiger partial charge in [-0.05, 0) is 42.2 Å². The number of amides is 1. The van der Waals surface area contributed by atoms with Gasteiger partial charge in [-0.15, -0.1) is 0 Å². The van der Waals surface area contributed by atoms with Gasteiger partial charge < -0.3 is 9.47 Å². The Morgan fingerprint density at radius 3 is 2.57 bits per heavy atom. The zero-order valence-electron chi connectivity index (χ0n) is 20.3. The van der Waals surface area contributed by atoms with Crippen molar-refractivity contribution in [3.05, 3.63) is 53.6 Å². The topological polar surface area (TPSA) is 88.5 Å². The predicted molar refractivity (Wildman–Crippen MR) is 138 cm³/mol. The molecular formula is C25H31N3O5S2. The second-order valence-corrected chi connectivity index (χ2v) is 11.6. The van der Waals surface area contributed by atoms with Crippen LogP contribution in [0.4, 0.5) is 5.69 Å². The van der Waals surface area contributed by atoms with Gasteiger partial charge in [0.25, 0.3) is 5.91 Å². The zero-order chi connectivity index (χ0) is 25.0. The summed E-state index contributed by atoms with van der Waals surface area (Å²) >= 11 is 1.53. The number of nitrogens with zero attached hydrogens (tertiary/aromatic N) is 3.